The number of amides is 3. The van der Waals surface area contributed by atoms with Gasteiger partial charge in [0.05, 0.1) is 5.92 Å². The van der Waals surface area contributed by atoms with Crippen LogP contribution in [0.3, 0.4) is 0 Å². The summed E-state index contributed by atoms with van der Waals surface area (Å²) in [4.78, 5) is 34.2. The second kappa shape index (κ2) is 8.65. The Morgan fingerprint density at radius 1 is 1.21 bits per heavy atom. The van der Waals surface area contributed by atoms with Crippen LogP contribution >= 0.6 is 0 Å². The Balaban J connectivity index is 1.43. The molecule has 0 spiro atoms. The van der Waals surface area contributed by atoms with E-state index in [0.29, 0.717) is 26.2 Å². The maximum Gasteiger partial charge on any atom is 0.321 e. The van der Waals surface area contributed by atoms with Gasteiger partial charge in [0.2, 0.25) is 5.91 Å². The molecular weight excluding hydrogens is 368 g/mol. The van der Waals surface area contributed by atoms with Crippen molar-refractivity contribution in [1.29, 1.82) is 0 Å². The highest BCUT2D eigenvalue weighted by molar-refractivity contribution is 5.90. The number of carbonyl (C=O) groups is 2. The molecule has 8 heteroatoms. The third-order valence-electron chi connectivity index (χ3n) is 5.77. The molecule has 2 fully saturated rings. The molecule has 3 amide bonds. The molecular formula is C21H28N6O2. The molecule has 8 nitrogen and oxygen atoms in total. The smallest absolute Gasteiger partial charge is 0.321 e. The Kier molecular flexibility index (Phi) is 5.80. The van der Waals surface area contributed by atoms with Crippen molar-refractivity contribution in [2.75, 3.05) is 38.0 Å². The van der Waals surface area contributed by atoms with Crippen LogP contribution in [0.5, 0.6) is 0 Å². The summed E-state index contributed by atoms with van der Waals surface area (Å²) in [5, 5.41) is 6.30. The van der Waals surface area contributed by atoms with E-state index in [1.54, 1.807) is 11.1 Å². The number of aryl methyl sites for hydroxylation is 1. The number of anilines is 1. The summed E-state index contributed by atoms with van der Waals surface area (Å²) in [6, 6.07) is 9.20. The summed E-state index contributed by atoms with van der Waals surface area (Å²) < 4.78 is 1.97. The monoisotopic (exact) mass is 396 g/mol. The first-order valence-corrected chi connectivity index (χ1v) is 10.2. The Bertz CT molecular complexity index is 852. The summed E-state index contributed by atoms with van der Waals surface area (Å²) in [6.45, 7) is 3.25. The molecule has 2 aliphatic heterocycles. The van der Waals surface area contributed by atoms with E-state index in [1.165, 1.54) is 0 Å². The van der Waals surface area contributed by atoms with Crippen molar-refractivity contribution in [2.24, 2.45) is 13.0 Å². The van der Waals surface area contributed by atoms with Crippen LogP contribution in [0.25, 0.3) is 0 Å². The van der Waals surface area contributed by atoms with Gasteiger partial charge in [-0.25, -0.2) is 9.78 Å². The molecule has 2 N–H and O–H groups in total. The van der Waals surface area contributed by atoms with Gasteiger partial charge in [0.1, 0.15) is 11.9 Å². The number of nitrogens with zero attached hydrogens (tertiary/aromatic N) is 4. The van der Waals surface area contributed by atoms with E-state index >= 15 is 0 Å². The molecule has 29 heavy (non-hydrogen) atoms. The predicted octanol–water partition coefficient (Wildman–Crippen LogP) is 1.84. The number of nitrogens with one attached hydrogen (secondary N) is 2. The molecule has 1 aromatic carbocycles. The summed E-state index contributed by atoms with van der Waals surface area (Å²) in [5.74, 6) is 0.836. The van der Waals surface area contributed by atoms with Crippen LogP contribution in [-0.4, -0.2) is 64.0 Å². The first kappa shape index (κ1) is 19.4. The van der Waals surface area contributed by atoms with Crippen LogP contribution < -0.4 is 10.6 Å². The van der Waals surface area contributed by atoms with E-state index in [0.717, 1.165) is 30.9 Å². The maximum absolute atomic E-state index is 13.4. The number of imidazole rings is 1. The third-order valence-corrected chi connectivity index (χ3v) is 5.77. The van der Waals surface area contributed by atoms with E-state index in [2.05, 4.69) is 15.6 Å². The quantitative estimate of drug-likeness (QED) is 0.829. The average molecular weight is 396 g/mol. The molecule has 0 saturated carbocycles. The molecule has 4 rings (SSSR count). The third kappa shape index (κ3) is 4.27. The highest BCUT2D eigenvalue weighted by atomic mass is 16.2. The maximum atomic E-state index is 13.4. The van der Waals surface area contributed by atoms with Gasteiger partial charge in [-0.1, -0.05) is 18.2 Å². The fraction of sp³-hybridized carbons (Fsp3) is 0.476. The normalized spacial score (nSPS) is 22.4. The number of aromatic nitrogens is 2. The minimum Gasteiger partial charge on any atom is -0.336 e. The molecule has 154 valence electrons. The van der Waals surface area contributed by atoms with Gasteiger partial charge in [0.15, 0.2) is 0 Å². The minimum absolute atomic E-state index is 0.0789. The number of para-hydroxylation sites is 1. The van der Waals surface area contributed by atoms with E-state index < -0.39 is 0 Å². The van der Waals surface area contributed by atoms with Crippen molar-refractivity contribution in [2.45, 2.75) is 18.9 Å². The fourth-order valence-electron chi connectivity index (χ4n) is 4.22. The Morgan fingerprint density at radius 2 is 2.03 bits per heavy atom. The lowest BCUT2D eigenvalue weighted by Crippen LogP contribution is -2.54. The van der Waals surface area contributed by atoms with Gasteiger partial charge in [-0.3, -0.25) is 4.79 Å². The topological polar surface area (TPSA) is 82.5 Å². The van der Waals surface area contributed by atoms with Gasteiger partial charge < -0.3 is 25.0 Å². The van der Waals surface area contributed by atoms with Crippen LogP contribution in [0.4, 0.5) is 10.5 Å². The van der Waals surface area contributed by atoms with E-state index in [9.17, 15) is 9.59 Å². The highest BCUT2D eigenvalue weighted by Gasteiger charge is 2.36. The first-order chi connectivity index (χ1) is 14.1. The van der Waals surface area contributed by atoms with Gasteiger partial charge in [-0.15, -0.1) is 0 Å². The number of urea groups is 1. The van der Waals surface area contributed by atoms with Gasteiger partial charge >= 0.3 is 6.03 Å². The largest absolute Gasteiger partial charge is 0.336 e. The molecule has 2 unspecified atom stereocenters. The number of rotatable bonds is 3. The first-order valence-electron chi connectivity index (χ1n) is 10.2. The standard InChI is InChI=1S/C21H28N6O2/c1-25-12-10-23-19(25)18-14-22-9-13-27(18)20(28)16-6-5-11-26(15-16)21(29)24-17-7-3-2-4-8-17/h2-4,7-8,10,12,16,18,22H,5-6,9,11,13-15H2,1H3,(H,24,29). The van der Waals surface area contributed by atoms with Crippen LogP contribution in [0, 0.1) is 5.92 Å². The predicted molar refractivity (Wildman–Crippen MR) is 110 cm³/mol. The van der Waals surface area contributed by atoms with Crippen molar-refractivity contribution in [3.8, 4) is 0 Å². The Hall–Kier alpha value is -2.87. The van der Waals surface area contributed by atoms with Crippen LogP contribution in [-0.2, 0) is 11.8 Å². The molecule has 0 radical (unpaired) electrons. The van der Waals surface area contributed by atoms with E-state index in [-0.39, 0.29) is 23.9 Å². The van der Waals surface area contributed by atoms with Crippen molar-refractivity contribution in [1.82, 2.24) is 24.7 Å². The Morgan fingerprint density at radius 3 is 2.79 bits per heavy atom. The molecule has 0 aliphatic carbocycles. The molecule has 3 heterocycles. The van der Waals surface area contributed by atoms with Crippen molar-refractivity contribution in [3.05, 3.63) is 48.5 Å². The number of hydrogen-bond acceptors (Lipinski definition) is 4. The highest BCUT2D eigenvalue weighted by Crippen LogP contribution is 2.26. The van der Waals surface area contributed by atoms with Gasteiger partial charge in [-0.2, -0.15) is 0 Å². The van der Waals surface area contributed by atoms with Crippen molar-refractivity contribution in [3.63, 3.8) is 0 Å². The fourth-order valence-corrected chi connectivity index (χ4v) is 4.22. The zero-order valence-corrected chi connectivity index (χ0v) is 16.8. The van der Waals surface area contributed by atoms with E-state index in [1.807, 2.05) is 53.0 Å². The Labute approximate surface area is 170 Å². The summed E-state index contributed by atoms with van der Waals surface area (Å²) in [6.07, 6.45) is 5.31. The number of carbonyl (C=O) groups excluding carboxylic acids is 2. The lowest BCUT2D eigenvalue weighted by Gasteiger charge is -2.40. The molecule has 2 aromatic rings. The van der Waals surface area contributed by atoms with Gasteiger partial charge in [0, 0.05) is 57.9 Å². The van der Waals surface area contributed by atoms with Crippen LogP contribution in [0.15, 0.2) is 42.7 Å². The summed E-state index contributed by atoms with van der Waals surface area (Å²) >= 11 is 0. The van der Waals surface area contributed by atoms with E-state index in [4.69, 9.17) is 0 Å². The number of piperazine rings is 1. The zero-order valence-electron chi connectivity index (χ0n) is 16.8. The number of likely N-dealkylation sites (tertiary alicyclic amines) is 1. The lowest BCUT2D eigenvalue weighted by molar-refractivity contribution is -0.140. The molecule has 1 aromatic heterocycles. The molecule has 0 bridgehead atoms. The molecule has 2 aliphatic rings. The van der Waals surface area contributed by atoms with Crippen molar-refractivity contribution < 1.29 is 9.59 Å². The summed E-state index contributed by atoms with van der Waals surface area (Å²) in [7, 11) is 1.95. The van der Waals surface area contributed by atoms with Gasteiger partial charge in [0.25, 0.3) is 0 Å². The number of hydrogen-bond donors (Lipinski definition) is 2. The van der Waals surface area contributed by atoms with Crippen LogP contribution in [0.2, 0.25) is 0 Å². The van der Waals surface area contributed by atoms with Crippen molar-refractivity contribution >= 4 is 17.6 Å². The average Bonchev–Trinajstić information content (AvgIpc) is 3.19. The van der Waals surface area contributed by atoms with Gasteiger partial charge in [-0.05, 0) is 25.0 Å². The number of benzene rings is 1. The SMILES string of the molecule is Cn1ccnc1C1CNCCN1C(=O)C1CCCN(C(=O)Nc2ccccc2)C1. The zero-order chi connectivity index (χ0) is 20.2. The molecule has 2 atom stereocenters. The number of piperidine rings is 1. The molecule has 2 saturated heterocycles. The summed E-state index contributed by atoms with van der Waals surface area (Å²) in [5.41, 5.74) is 0.767. The lowest BCUT2D eigenvalue weighted by atomic mass is 9.95. The minimum atomic E-state index is -0.175. The second-order valence-corrected chi connectivity index (χ2v) is 7.73. The van der Waals surface area contributed by atoms with Crippen LogP contribution in [0.1, 0.15) is 24.7 Å². The second-order valence-electron chi connectivity index (χ2n) is 7.73.